The Labute approximate surface area is 130 Å². The molecule has 1 amide bonds. The van der Waals surface area contributed by atoms with E-state index in [9.17, 15) is 18.0 Å². The van der Waals surface area contributed by atoms with Crippen LogP contribution < -0.4 is 5.32 Å². The highest BCUT2D eigenvalue weighted by Crippen LogP contribution is 2.12. The lowest BCUT2D eigenvalue weighted by Gasteiger charge is -2.17. The van der Waals surface area contributed by atoms with Gasteiger partial charge in [0.25, 0.3) is 0 Å². The van der Waals surface area contributed by atoms with E-state index in [0.29, 0.717) is 0 Å². The van der Waals surface area contributed by atoms with Crippen LogP contribution in [0.15, 0.2) is 35.2 Å². The fourth-order valence-electron chi connectivity index (χ4n) is 1.75. The maximum Gasteiger partial charge on any atom is 0.328 e. The van der Waals surface area contributed by atoms with Crippen LogP contribution >= 0.6 is 0 Å². The van der Waals surface area contributed by atoms with Crippen molar-refractivity contribution >= 4 is 21.7 Å². The van der Waals surface area contributed by atoms with Gasteiger partial charge in [-0.1, -0.05) is 32.0 Å². The summed E-state index contributed by atoms with van der Waals surface area (Å²) in [5.41, 5.74) is 0. The molecule has 0 saturated carbocycles. The van der Waals surface area contributed by atoms with Crippen LogP contribution in [0.5, 0.6) is 0 Å². The fourth-order valence-corrected chi connectivity index (χ4v) is 3.10. The highest BCUT2D eigenvalue weighted by atomic mass is 32.2. The normalized spacial score (nSPS) is 12.7. The summed E-state index contributed by atoms with van der Waals surface area (Å²) in [5.74, 6) is -1.54. The molecule has 0 radical (unpaired) electrons. The van der Waals surface area contributed by atoms with E-state index in [0.717, 1.165) is 0 Å². The molecule has 122 valence electrons. The van der Waals surface area contributed by atoms with Crippen LogP contribution in [0.25, 0.3) is 0 Å². The van der Waals surface area contributed by atoms with Gasteiger partial charge in [-0.2, -0.15) is 0 Å². The molecule has 0 saturated heterocycles. The van der Waals surface area contributed by atoms with Crippen LogP contribution in [0.2, 0.25) is 0 Å². The molecule has 6 nitrogen and oxygen atoms in total. The molecule has 7 heteroatoms. The van der Waals surface area contributed by atoms with Crippen molar-refractivity contribution in [1.29, 1.82) is 0 Å². The number of benzene rings is 1. The molecule has 0 spiro atoms. The zero-order valence-electron chi connectivity index (χ0n) is 12.9. The first-order valence-corrected chi connectivity index (χ1v) is 8.59. The number of amides is 1. The Morgan fingerprint density at radius 3 is 2.27 bits per heavy atom. The molecule has 1 aromatic rings. The van der Waals surface area contributed by atoms with Gasteiger partial charge in [0.1, 0.15) is 6.04 Å². The van der Waals surface area contributed by atoms with Crippen molar-refractivity contribution in [3.8, 4) is 0 Å². The second-order valence-corrected chi connectivity index (χ2v) is 7.27. The summed E-state index contributed by atoms with van der Waals surface area (Å²) in [7, 11) is -2.32. The molecule has 0 aliphatic carbocycles. The van der Waals surface area contributed by atoms with E-state index in [1.54, 1.807) is 32.0 Å². The third-order valence-corrected chi connectivity index (χ3v) is 4.87. The molecular formula is C15H21NO5S. The number of methoxy groups -OCH3 is 1. The van der Waals surface area contributed by atoms with Gasteiger partial charge in [-0.25, -0.2) is 13.2 Å². The van der Waals surface area contributed by atoms with Crippen LogP contribution in [0.3, 0.4) is 0 Å². The van der Waals surface area contributed by atoms with Crippen molar-refractivity contribution in [2.75, 3.05) is 12.9 Å². The summed E-state index contributed by atoms with van der Waals surface area (Å²) >= 11 is 0. The minimum Gasteiger partial charge on any atom is -0.467 e. The SMILES string of the molecule is COC(=O)[C@@H](CCS(=O)(=O)c1ccccc1)NC(=O)C(C)C. The number of carbonyl (C=O) groups is 2. The van der Waals surface area contributed by atoms with Crippen molar-refractivity contribution in [3.05, 3.63) is 30.3 Å². The summed E-state index contributed by atoms with van der Waals surface area (Å²) in [5, 5.41) is 2.51. The zero-order chi connectivity index (χ0) is 16.8. The van der Waals surface area contributed by atoms with E-state index in [2.05, 4.69) is 10.1 Å². The van der Waals surface area contributed by atoms with E-state index < -0.39 is 21.8 Å². The highest BCUT2D eigenvalue weighted by Gasteiger charge is 2.25. The largest absolute Gasteiger partial charge is 0.467 e. The lowest BCUT2D eigenvalue weighted by molar-refractivity contribution is -0.145. The first-order valence-electron chi connectivity index (χ1n) is 6.94. The van der Waals surface area contributed by atoms with Crippen LogP contribution in [0.4, 0.5) is 0 Å². The molecule has 1 aromatic carbocycles. The van der Waals surface area contributed by atoms with E-state index >= 15 is 0 Å². The second-order valence-electron chi connectivity index (χ2n) is 5.16. The third-order valence-electron chi connectivity index (χ3n) is 3.10. The minimum atomic E-state index is -3.51. The molecule has 1 N–H and O–H groups in total. The van der Waals surface area contributed by atoms with Gasteiger partial charge < -0.3 is 10.1 Å². The maximum atomic E-state index is 12.2. The van der Waals surface area contributed by atoms with Crippen molar-refractivity contribution in [2.24, 2.45) is 5.92 Å². The Morgan fingerprint density at radius 1 is 1.18 bits per heavy atom. The summed E-state index contributed by atoms with van der Waals surface area (Å²) in [6.07, 6.45) is -0.0393. The first-order chi connectivity index (χ1) is 10.3. The smallest absolute Gasteiger partial charge is 0.328 e. The van der Waals surface area contributed by atoms with Crippen molar-refractivity contribution in [3.63, 3.8) is 0 Å². The topological polar surface area (TPSA) is 89.5 Å². The van der Waals surface area contributed by atoms with Crippen molar-refractivity contribution < 1.29 is 22.7 Å². The van der Waals surface area contributed by atoms with Gasteiger partial charge in [0, 0.05) is 5.92 Å². The lowest BCUT2D eigenvalue weighted by atomic mass is 10.1. The standard InChI is InChI=1S/C15H21NO5S/c1-11(2)14(17)16-13(15(18)21-3)9-10-22(19,20)12-7-5-4-6-8-12/h4-8,11,13H,9-10H2,1-3H3,(H,16,17)/t13-/m1/s1. The molecular weight excluding hydrogens is 306 g/mol. The Kier molecular flexibility index (Phi) is 6.55. The Balaban J connectivity index is 2.79. The predicted octanol–water partition coefficient (Wildman–Crippen LogP) is 1.16. The van der Waals surface area contributed by atoms with E-state index in [1.165, 1.54) is 19.2 Å². The molecule has 0 bridgehead atoms. The average molecular weight is 327 g/mol. The molecule has 22 heavy (non-hydrogen) atoms. The Morgan fingerprint density at radius 2 is 1.77 bits per heavy atom. The first kappa shape index (κ1) is 18.2. The zero-order valence-corrected chi connectivity index (χ0v) is 13.7. The quantitative estimate of drug-likeness (QED) is 0.759. The van der Waals surface area contributed by atoms with Crippen molar-refractivity contribution in [1.82, 2.24) is 5.32 Å². The van der Waals surface area contributed by atoms with Gasteiger partial charge in [0.05, 0.1) is 17.8 Å². The molecule has 0 aliphatic heterocycles. The number of hydrogen-bond donors (Lipinski definition) is 1. The third kappa shape index (κ3) is 5.14. The summed E-state index contributed by atoms with van der Waals surface area (Å²) < 4.78 is 29.0. The van der Waals surface area contributed by atoms with Crippen LogP contribution in [-0.4, -0.2) is 39.2 Å². The molecule has 1 rings (SSSR count). The average Bonchev–Trinajstić information content (AvgIpc) is 2.51. The van der Waals surface area contributed by atoms with Gasteiger partial charge in [0.15, 0.2) is 9.84 Å². The molecule has 0 heterocycles. The number of sulfone groups is 1. The number of carbonyl (C=O) groups excluding carboxylic acids is 2. The number of rotatable bonds is 7. The molecule has 1 atom stereocenters. The molecule has 0 aliphatic rings. The Bertz CT molecular complexity index is 610. The molecule has 0 unspecified atom stereocenters. The van der Waals surface area contributed by atoms with Crippen LogP contribution in [-0.2, 0) is 24.2 Å². The van der Waals surface area contributed by atoms with Gasteiger partial charge in [-0.3, -0.25) is 4.79 Å². The van der Waals surface area contributed by atoms with Gasteiger partial charge in [0.2, 0.25) is 5.91 Å². The van der Waals surface area contributed by atoms with Crippen molar-refractivity contribution in [2.45, 2.75) is 31.2 Å². The number of nitrogens with one attached hydrogen (secondary N) is 1. The Hall–Kier alpha value is -1.89. The lowest BCUT2D eigenvalue weighted by Crippen LogP contribution is -2.44. The monoisotopic (exact) mass is 327 g/mol. The van der Waals surface area contributed by atoms with Crippen LogP contribution in [0, 0.1) is 5.92 Å². The molecule has 0 aromatic heterocycles. The van der Waals surface area contributed by atoms with Gasteiger partial charge in [-0.05, 0) is 18.6 Å². The summed E-state index contributed by atoms with van der Waals surface area (Å²) in [4.78, 5) is 23.6. The van der Waals surface area contributed by atoms with E-state index in [1.807, 2.05) is 0 Å². The van der Waals surface area contributed by atoms with Gasteiger partial charge in [-0.15, -0.1) is 0 Å². The summed E-state index contributed by atoms with van der Waals surface area (Å²) in [6.45, 7) is 3.37. The summed E-state index contributed by atoms with van der Waals surface area (Å²) in [6, 6.07) is 7.00. The van der Waals surface area contributed by atoms with E-state index in [4.69, 9.17) is 0 Å². The maximum absolute atomic E-state index is 12.2. The minimum absolute atomic E-state index is 0.0393. The highest BCUT2D eigenvalue weighted by molar-refractivity contribution is 7.91. The number of esters is 1. The fraction of sp³-hybridized carbons (Fsp3) is 0.467. The van der Waals surface area contributed by atoms with E-state index in [-0.39, 0.29) is 28.9 Å². The number of hydrogen-bond acceptors (Lipinski definition) is 5. The molecule has 0 fully saturated rings. The predicted molar refractivity (Wildman–Crippen MR) is 81.9 cm³/mol. The second kappa shape index (κ2) is 7.93. The number of ether oxygens (including phenoxy) is 1. The van der Waals surface area contributed by atoms with Crippen LogP contribution in [0.1, 0.15) is 20.3 Å². The van der Waals surface area contributed by atoms with Gasteiger partial charge >= 0.3 is 5.97 Å².